The maximum atomic E-state index is 12.9. The SMILES string of the molecule is O=C(NCc1ccc(F)cc1)c1nnc(C(Cl)=Cc2ccc(Cl)nc2Cl)s1. The molecule has 3 aromatic rings. The Morgan fingerprint density at radius 3 is 2.52 bits per heavy atom. The Morgan fingerprint density at radius 2 is 1.81 bits per heavy atom. The molecule has 0 saturated heterocycles. The monoisotopic (exact) mass is 442 g/mol. The quantitative estimate of drug-likeness (QED) is 0.561. The number of hydrogen-bond acceptors (Lipinski definition) is 5. The predicted molar refractivity (Wildman–Crippen MR) is 105 cm³/mol. The van der Waals surface area contributed by atoms with Crippen LogP contribution in [-0.2, 0) is 6.54 Å². The fourth-order valence-corrected chi connectivity index (χ4v) is 3.34. The lowest BCUT2D eigenvalue weighted by atomic mass is 10.2. The number of amides is 1. The summed E-state index contributed by atoms with van der Waals surface area (Å²) in [5.41, 5.74) is 1.32. The van der Waals surface area contributed by atoms with E-state index < -0.39 is 5.91 Å². The molecule has 0 spiro atoms. The van der Waals surface area contributed by atoms with Gasteiger partial charge < -0.3 is 5.32 Å². The standard InChI is InChI=1S/C17H10Cl3FN4OS/c18-12(7-10-3-6-13(19)23-14(10)20)16-24-25-17(27-16)15(26)22-8-9-1-4-11(21)5-2-9/h1-7H,8H2,(H,22,26). The largest absolute Gasteiger partial charge is 0.346 e. The van der Waals surface area contributed by atoms with Crippen LogP contribution in [-0.4, -0.2) is 21.1 Å². The number of pyridine rings is 1. The molecule has 0 radical (unpaired) electrons. The van der Waals surface area contributed by atoms with Crippen LogP contribution in [0.2, 0.25) is 10.3 Å². The number of benzene rings is 1. The minimum absolute atomic E-state index is 0.152. The van der Waals surface area contributed by atoms with Gasteiger partial charge in [-0.25, -0.2) is 9.37 Å². The molecule has 0 atom stereocenters. The number of nitrogens with one attached hydrogen (secondary N) is 1. The lowest BCUT2D eigenvalue weighted by Crippen LogP contribution is -2.22. The van der Waals surface area contributed by atoms with Gasteiger partial charge in [-0.15, -0.1) is 10.2 Å². The van der Waals surface area contributed by atoms with E-state index >= 15 is 0 Å². The summed E-state index contributed by atoms with van der Waals surface area (Å²) in [6, 6.07) is 9.07. The second kappa shape index (κ2) is 8.75. The molecule has 0 bridgehead atoms. The lowest BCUT2D eigenvalue weighted by Gasteiger charge is -2.02. The van der Waals surface area contributed by atoms with E-state index in [2.05, 4.69) is 20.5 Å². The van der Waals surface area contributed by atoms with Crippen LogP contribution >= 0.6 is 46.1 Å². The number of nitrogens with zero attached hydrogens (tertiary/aromatic N) is 3. The second-order valence-corrected chi connectivity index (χ2v) is 7.36. The fraction of sp³-hybridized carbons (Fsp3) is 0.0588. The molecule has 1 N–H and O–H groups in total. The zero-order chi connectivity index (χ0) is 19.4. The third-order valence-electron chi connectivity index (χ3n) is 3.32. The van der Waals surface area contributed by atoms with Gasteiger partial charge in [-0.05, 0) is 35.9 Å². The Morgan fingerprint density at radius 1 is 1.11 bits per heavy atom. The highest BCUT2D eigenvalue weighted by Gasteiger charge is 2.15. The summed E-state index contributed by atoms with van der Waals surface area (Å²) in [6.45, 7) is 0.240. The first-order valence-electron chi connectivity index (χ1n) is 7.48. The van der Waals surface area contributed by atoms with E-state index in [1.165, 1.54) is 12.1 Å². The minimum atomic E-state index is -0.404. The third-order valence-corrected chi connectivity index (χ3v) is 5.18. The van der Waals surface area contributed by atoms with Crippen LogP contribution in [0.15, 0.2) is 36.4 Å². The van der Waals surface area contributed by atoms with Crippen molar-refractivity contribution in [2.24, 2.45) is 0 Å². The Bertz CT molecular complexity index is 1010. The van der Waals surface area contributed by atoms with Crippen molar-refractivity contribution >= 4 is 63.2 Å². The average molecular weight is 444 g/mol. The van der Waals surface area contributed by atoms with Crippen molar-refractivity contribution in [3.05, 3.63) is 73.7 Å². The van der Waals surface area contributed by atoms with Crippen molar-refractivity contribution in [1.82, 2.24) is 20.5 Å². The number of hydrogen-bond donors (Lipinski definition) is 1. The average Bonchev–Trinajstić information content (AvgIpc) is 3.14. The maximum absolute atomic E-state index is 12.9. The van der Waals surface area contributed by atoms with E-state index in [1.54, 1.807) is 30.3 Å². The lowest BCUT2D eigenvalue weighted by molar-refractivity contribution is 0.0950. The molecule has 0 fully saturated rings. The number of halogens is 4. The van der Waals surface area contributed by atoms with Crippen LogP contribution in [0.1, 0.15) is 25.9 Å². The molecule has 138 valence electrons. The summed E-state index contributed by atoms with van der Waals surface area (Å²) < 4.78 is 12.9. The third kappa shape index (κ3) is 5.23. The van der Waals surface area contributed by atoms with E-state index in [4.69, 9.17) is 34.8 Å². The van der Waals surface area contributed by atoms with Crippen LogP contribution in [0.3, 0.4) is 0 Å². The van der Waals surface area contributed by atoms with Crippen molar-refractivity contribution in [1.29, 1.82) is 0 Å². The summed E-state index contributed by atoms with van der Waals surface area (Å²) in [5.74, 6) is -0.741. The van der Waals surface area contributed by atoms with Crippen LogP contribution in [0.5, 0.6) is 0 Å². The molecule has 0 aliphatic rings. The first-order chi connectivity index (χ1) is 12.9. The Balaban J connectivity index is 1.68. The van der Waals surface area contributed by atoms with Gasteiger partial charge in [0.25, 0.3) is 5.91 Å². The molecule has 5 nitrogen and oxygen atoms in total. The Hall–Kier alpha value is -2.06. The van der Waals surface area contributed by atoms with Gasteiger partial charge in [-0.2, -0.15) is 0 Å². The van der Waals surface area contributed by atoms with Gasteiger partial charge in [0.2, 0.25) is 5.01 Å². The zero-order valence-electron chi connectivity index (χ0n) is 13.4. The van der Waals surface area contributed by atoms with Crippen molar-refractivity contribution in [2.45, 2.75) is 6.54 Å². The molecule has 10 heteroatoms. The topological polar surface area (TPSA) is 67.8 Å². The fourth-order valence-electron chi connectivity index (χ4n) is 2.00. The van der Waals surface area contributed by atoms with E-state index in [9.17, 15) is 9.18 Å². The van der Waals surface area contributed by atoms with Gasteiger partial charge in [-0.1, -0.05) is 58.3 Å². The van der Waals surface area contributed by atoms with Crippen molar-refractivity contribution in [3.8, 4) is 0 Å². The number of carbonyl (C=O) groups excluding carboxylic acids is 1. The maximum Gasteiger partial charge on any atom is 0.282 e. The molecular formula is C17H10Cl3FN4OS. The van der Waals surface area contributed by atoms with E-state index in [1.807, 2.05) is 0 Å². The van der Waals surface area contributed by atoms with Crippen molar-refractivity contribution in [3.63, 3.8) is 0 Å². The molecule has 1 aromatic carbocycles. The highest BCUT2D eigenvalue weighted by molar-refractivity contribution is 7.15. The summed E-state index contributed by atoms with van der Waals surface area (Å²) in [7, 11) is 0. The summed E-state index contributed by atoms with van der Waals surface area (Å²) in [4.78, 5) is 16.1. The molecular weight excluding hydrogens is 434 g/mol. The van der Waals surface area contributed by atoms with Crippen LogP contribution in [0.4, 0.5) is 4.39 Å². The number of rotatable bonds is 5. The second-order valence-electron chi connectivity index (χ2n) is 5.23. The summed E-state index contributed by atoms with van der Waals surface area (Å²) >= 11 is 19.0. The molecule has 27 heavy (non-hydrogen) atoms. The van der Waals surface area contributed by atoms with Gasteiger partial charge in [0, 0.05) is 12.1 Å². The Labute approximate surface area is 172 Å². The van der Waals surface area contributed by atoms with Crippen LogP contribution in [0.25, 0.3) is 11.1 Å². The zero-order valence-corrected chi connectivity index (χ0v) is 16.5. The van der Waals surface area contributed by atoms with Crippen LogP contribution in [0, 0.1) is 5.82 Å². The van der Waals surface area contributed by atoms with E-state index in [-0.39, 0.29) is 32.7 Å². The van der Waals surface area contributed by atoms with Gasteiger partial charge in [0.1, 0.15) is 16.1 Å². The number of carbonyl (C=O) groups is 1. The van der Waals surface area contributed by atoms with Gasteiger partial charge >= 0.3 is 0 Å². The highest BCUT2D eigenvalue weighted by Crippen LogP contribution is 2.28. The van der Waals surface area contributed by atoms with Crippen molar-refractivity contribution < 1.29 is 9.18 Å². The molecule has 0 aliphatic heterocycles. The first kappa shape index (κ1) is 19.7. The van der Waals surface area contributed by atoms with E-state index in [0.717, 1.165) is 16.9 Å². The molecule has 2 heterocycles. The molecule has 0 saturated carbocycles. The first-order valence-corrected chi connectivity index (χ1v) is 9.43. The molecule has 3 rings (SSSR count). The molecule has 0 unspecified atom stereocenters. The van der Waals surface area contributed by atoms with Crippen LogP contribution < -0.4 is 5.32 Å². The van der Waals surface area contributed by atoms with Crippen molar-refractivity contribution in [2.75, 3.05) is 0 Å². The Kier molecular flexibility index (Phi) is 6.38. The minimum Gasteiger partial charge on any atom is -0.346 e. The predicted octanol–water partition coefficient (Wildman–Crippen LogP) is 5.05. The summed E-state index contributed by atoms with van der Waals surface area (Å²) in [6.07, 6.45) is 1.56. The molecule has 0 aliphatic carbocycles. The molecule has 1 amide bonds. The van der Waals surface area contributed by atoms with E-state index in [0.29, 0.717) is 10.6 Å². The van der Waals surface area contributed by atoms with Gasteiger partial charge in [-0.3, -0.25) is 4.79 Å². The molecule has 2 aromatic heterocycles. The smallest absolute Gasteiger partial charge is 0.282 e. The normalized spacial score (nSPS) is 11.5. The van der Waals surface area contributed by atoms with Gasteiger partial charge in [0.15, 0.2) is 5.01 Å². The highest BCUT2D eigenvalue weighted by atomic mass is 35.5. The van der Waals surface area contributed by atoms with Gasteiger partial charge in [0.05, 0.1) is 5.03 Å². The summed E-state index contributed by atoms with van der Waals surface area (Å²) in [5, 5.41) is 11.7. The number of aromatic nitrogens is 3.